The second-order valence-electron chi connectivity index (χ2n) is 8.44. The van der Waals surface area contributed by atoms with Crippen LogP contribution in [0.25, 0.3) is 0 Å². The number of likely N-dealkylation sites (tertiary alicyclic amines) is 1. The summed E-state index contributed by atoms with van der Waals surface area (Å²) >= 11 is 0. The first-order chi connectivity index (χ1) is 14.7. The van der Waals surface area contributed by atoms with E-state index in [2.05, 4.69) is 70.6 Å². The Bertz CT molecular complexity index is 820. The van der Waals surface area contributed by atoms with Gasteiger partial charge in [-0.1, -0.05) is 60.2 Å². The zero-order chi connectivity index (χ0) is 20.8. The summed E-state index contributed by atoms with van der Waals surface area (Å²) in [6.07, 6.45) is 2.01. The molecular formula is C25H33N3O2. The van der Waals surface area contributed by atoms with E-state index >= 15 is 0 Å². The van der Waals surface area contributed by atoms with Crippen molar-refractivity contribution in [2.24, 2.45) is 0 Å². The minimum atomic E-state index is -0.0342. The van der Waals surface area contributed by atoms with E-state index in [0.717, 1.165) is 52.2 Å². The monoisotopic (exact) mass is 407 g/mol. The topological polar surface area (TPSA) is 44.8 Å². The average Bonchev–Trinajstić information content (AvgIpc) is 3.23. The summed E-state index contributed by atoms with van der Waals surface area (Å²) in [7, 11) is 0. The normalized spacial score (nSPS) is 21.4. The Balaban J connectivity index is 1.41. The van der Waals surface area contributed by atoms with E-state index < -0.39 is 0 Å². The lowest BCUT2D eigenvalue weighted by atomic mass is 10.0. The van der Waals surface area contributed by atoms with Crippen LogP contribution in [0.3, 0.4) is 0 Å². The van der Waals surface area contributed by atoms with Crippen LogP contribution in [0.1, 0.15) is 35.6 Å². The molecule has 2 saturated heterocycles. The first-order valence-corrected chi connectivity index (χ1v) is 11.1. The molecule has 4 rings (SSSR count). The molecule has 0 radical (unpaired) electrons. The van der Waals surface area contributed by atoms with Crippen LogP contribution in [0.2, 0.25) is 0 Å². The third-order valence-electron chi connectivity index (χ3n) is 6.28. The van der Waals surface area contributed by atoms with Gasteiger partial charge in [0.1, 0.15) is 0 Å². The lowest BCUT2D eigenvalue weighted by Crippen LogP contribution is -2.47. The van der Waals surface area contributed by atoms with E-state index in [9.17, 15) is 4.79 Å². The number of carbonyl (C=O) groups excluding carboxylic acids is 1. The van der Waals surface area contributed by atoms with Crippen molar-refractivity contribution in [2.75, 3.05) is 39.4 Å². The van der Waals surface area contributed by atoms with Crippen molar-refractivity contribution in [2.45, 2.75) is 38.4 Å². The van der Waals surface area contributed by atoms with Crippen molar-refractivity contribution in [3.63, 3.8) is 0 Å². The fourth-order valence-electron chi connectivity index (χ4n) is 4.67. The van der Waals surface area contributed by atoms with Crippen LogP contribution in [0.15, 0.2) is 54.6 Å². The lowest BCUT2D eigenvalue weighted by molar-refractivity contribution is -0.126. The number of benzene rings is 2. The van der Waals surface area contributed by atoms with Gasteiger partial charge in [0.05, 0.1) is 25.3 Å². The molecule has 5 nitrogen and oxygen atoms in total. The first-order valence-electron chi connectivity index (χ1n) is 11.1. The Hall–Kier alpha value is -2.21. The van der Waals surface area contributed by atoms with Gasteiger partial charge in [-0.3, -0.25) is 14.6 Å². The van der Waals surface area contributed by atoms with Gasteiger partial charge in [-0.2, -0.15) is 0 Å². The van der Waals surface area contributed by atoms with Gasteiger partial charge in [0, 0.05) is 26.2 Å². The maximum absolute atomic E-state index is 13.1. The predicted molar refractivity (Wildman–Crippen MR) is 119 cm³/mol. The van der Waals surface area contributed by atoms with Crippen LogP contribution in [-0.4, -0.2) is 61.1 Å². The van der Waals surface area contributed by atoms with Crippen molar-refractivity contribution in [1.82, 2.24) is 15.1 Å². The molecule has 160 valence electrons. The van der Waals surface area contributed by atoms with Gasteiger partial charge in [-0.25, -0.2) is 0 Å². The first kappa shape index (κ1) is 21.0. The number of hydrogen-bond donors (Lipinski definition) is 1. The Kier molecular flexibility index (Phi) is 7.16. The summed E-state index contributed by atoms with van der Waals surface area (Å²) < 4.78 is 5.55. The third kappa shape index (κ3) is 5.28. The van der Waals surface area contributed by atoms with Crippen LogP contribution in [0, 0.1) is 6.92 Å². The van der Waals surface area contributed by atoms with Crippen molar-refractivity contribution in [3.8, 4) is 0 Å². The van der Waals surface area contributed by atoms with Crippen LogP contribution >= 0.6 is 0 Å². The average molecular weight is 408 g/mol. The van der Waals surface area contributed by atoms with Gasteiger partial charge in [-0.05, 0) is 37.4 Å². The molecule has 2 unspecified atom stereocenters. The summed E-state index contributed by atoms with van der Waals surface area (Å²) in [5, 5.41) is 3.29. The molecule has 1 amide bonds. The van der Waals surface area contributed by atoms with Crippen LogP contribution in [0.4, 0.5) is 0 Å². The molecule has 5 heteroatoms. The summed E-state index contributed by atoms with van der Waals surface area (Å²) in [6.45, 7) is 7.89. The third-order valence-corrected chi connectivity index (χ3v) is 6.28. The number of aryl methyl sites for hydroxylation is 1. The van der Waals surface area contributed by atoms with E-state index in [1.54, 1.807) is 0 Å². The summed E-state index contributed by atoms with van der Waals surface area (Å²) in [5.41, 5.74) is 3.79. The number of amides is 1. The standard InChI is InChI=1S/C25H33N3O2/c1-20-7-5-10-22(17-20)24(27-13-15-30-16-14-27)18-26-25(29)23-11-6-12-28(23)19-21-8-3-2-4-9-21/h2-5,7-10,17,23-24H,6,11-16,18-19H2,1H3,(H,26,29). The van der Waals surface area contributed by atoms with E-state index in [0.29, 0.717) is 6.54 Å². The van der Waals surface area contributed by atoms with Crippen LogP contribution in [-0.2, 0) is 16.1 Å². The lowest BCUT2D eigenvalue weighted by Gasteiger charge is -2.35. The largest absolute Gasteiger partial charge is 0.379 e. The van der Waals surface area contributed by atoms with Crippen molar-refractivity contribution >= 4 is 5.91 Å². The molecule has 0 aromatic heterocycles. The molecule has 2 aliphatic heterocycles. The highest BCUT2D eigenvalue weighted by atomic mass is 16.5. The Morgan fingerprint density at radius 2 is 1.90 bits per heavy atom. The summed E-state index contributed by atoms with van der Waals surface area (Å²) in [5.74, 6) is 0.161. The Morgan fingerprint density at radius 1 is 1.10 bits per heavy atom. The van der Waals surface area contributed by atoms with Crippen molar-refractivity contribution in [1.29, 1.82) is 0 Å². The molecule has 0 saturated carbocycles. The van der Waals surface area contributed by atoms with Gasteiger partial charge in [0.25, 0.3) is 0 Å². The molecule has 30 heavy (non-hydrogen) atoms. The molecule has 0 bridgehead atoms. The zero-order valence-electron chi connectivity index (χ0n) is 17.9. The highest BCUT2D eigenvalue weighted by Gasteiger charge is 2.31. The number of ether oxygens (including phenoxy) is 1. The summed E-state index contributed by atoms with van der Waals surface area (Å²) in [6, 6.07) is 19.2. The van der Waals surface area contributed by atoms with Gasteiger partial charge in [-0.15, -0.1) is 0 Å². The minimum Gasteiger partial charge on any atom is -0.379 e. The SMILES string of the molecule is Cc1cccc(C(CNC(=O)C2CCCN2Cc2ccccc2)N2CCOCC2)c1. The van der Waals surface area contributed by atoms with Gasteiger partial charge in [0.2, 0.25) is 5.91 Å². The molecule has 1 N–H and O–H groups in total. The van der Waals surface area contributed by atoms with Gasteiger partial charge >= 0.3 is 0 Å². The smallest absolute Gasteiger partial charge is 0.237 e. The fraction of sp³-hybridized carbons (Fsp3) is 0.480. The minimum absolute atomic E-state index is 0.0342. The number of hydrogen-bond acceptors (Lipinski definition) is 4. The van der Waals surface area contributed by atoms with E-state index in [1.807, 2.05) is 6.07 Å². The highest BCUT2D eigenvalue weighted by Crippen LogP contribution is 2.24. The van der Waals surface area contributed by atoms with Crippen molar-refractivity contribution < 1.29 is 9.53 Å². The molecule has 0 aliphatic carbocycles. The molecule has 0 spiro atoms. The quantitative estimate of drug-likeness (QED) is 0.766. The Labute approximate surface area is 180 Å². The highest BCUT2D eigenvalue weighted by molar-refractivity contribution is 5.82. The maximum Gasteiger partial charge on any atom is 0.237 e. The Morgan fingerprint density at radius 3 is 2.67 bits per heavy atom. The van der Waals surface area contributed by atoms with Crippen LogP contribution < -0.4 is 5.32 Å². The van der Waals surface area contributed by atoms with Gasteiger partial charge in [0.15, 0.2) is 0 Å². The second-order valence-corrected chi connectivity index (χ2v) is 8.44. The predicted octanol–water partition coefficient (Wildman–Crippen LogP) is 3.15. The molecule has 2 aromatic rings. The summed E-state index contributed by atoms with van der Waals surface area (Å²) in [4.78, 5) is 17.9. The maximum atomic E-state index is 13.1. The molecule has 2 aromatic carbocycles. The van der Waals surface area contributed by atoms with E-state index in [1.165, 1.54) is 16.7 Å². The van der Waals surface area contributed by atoms with Crippen molar-refractivity contribution in [3.05, 3.63) is 71.3 Å². The number of morpholine rings is 1. The van der Waals surface area contributed by atoms with Gasteiger partial charge < -0.3 is 10.1 Å². The second kappa shape index (κ2) is 10.2. The van der Waals surface area contributed by atoms with Crippen LogP contribution in [0.5, 0.6) is 0 Å². The van der Waals surface area contributed by atoms with E-state index in [4.69, 9.17) is 4.74 Å². The molecule has 2 fully saturated rings. The number of rotatable bonds is 7. The zero-order valence-corrected chi connectivity index (χ0v) is 17.9. The number of nitrogens with one attached hydrogen (secondary N) is 1. The number of carbonyl (C=O) groups is 1. The molecule has 2 atom stereocenters. The molecular weight excluding hydrogens is 374 g/mol. The molecule has 2 heterocycles. The number of nitrogens with zero attached hydrogens (tertiary/aromatic N) is 2. The fourth-order valence-corrected chi connectivity index (χ4v) is 4.67. The molecule has 2 aliphatic rings. The van der Waals surface area contributed by atoms with E-state index in [-0.39, 0.29) is 18.0 Å².